The monoisotopic (exact) mass is 488 g/mol. The van der Waals surface area contributed by atoms with Crippen LogP contribution >= 0.6 is 27.5 Å². The lowest BCUT2D eigenvalue weighted by atomic mass is 10.1. The van der Waals surface area contributed by atoms with Crippen LogP contribution in [-0.2, 0) is 16.4 Å². The minimum atomic E-state index is -3.94. The molecule has 0 aliphatic heterocycles. The van der Waals surface area contributed by atoms with Gasteiger partial charge in [-0.25, -0.2) is 12.7 Å². The summed E-state index contributed by atoms with van der Waals surface area (Å²) in [5.74, 6) is -0.584. The van der Waals surface area contributed by atoms with Crippen LogP contribution in [0.25, 0.3) is 0 Å². The zero-order valence-electron chi connectivity index (χ0n) is 15.5. The molecular formula is C18H22BrClN4O3S. The fraction of sp³-hybridized carbons (Fsp3) is 0.278. The van der Waals surface area contributed by atoms with E-state index in [2.05, 4.69) is 26.6 Å². The number of phenols is 1. The standard InChI is InChI=1S/C18H22BrClN4O3S/c1-24(2)28(26,27)17-14(20)9-10-15(16(17)25)23-18(21)22-11-5-7-12-6-3-4-8-13(12)19/h3-4,6,8-10,25H,5,7,11H2,1-2H3,(H3,21,22,23). The lowest BCUT2D eigenvalue weighted by molar-refractivity contribution is 0.455. The fourth-order valence-electron chi connectivity index (χ4n) is 2.45. The zero-order chi connectivity index (χ0) is 20.9. The van der Waals surface area contributed by atoms with Crippen molar-refractivity contribution in [3.63, 3.8) is 0 Å². The Kier molecular flexibility index (Phi) is 7.70. The highest BCUT2D eigenvalue weighted by molar-refractivity contribution is 9.10. The van der Waals surface area contributed by atoms with Gasteiger partial charge in [-0.1, -0.05) is 45.7 Å². The Balaban J connectivity index is 2.00. The van der Waals surface area contributed by atoms with Crippen LogP contribution in [0.2, 0.25) is 5.02 Å². The topological polar surface area (TPSA) is 106 Å². The molecule has 0 bridgehead atoms. The van der Waals surface area contributed by atoms with Gasteiger partial charge < -0.3 is 15.7 Å². The fourth-order valence-corrected chi connectivity index (χ4v) is 4.41. The van der Waals surface area contributed by atoms with Crippen LogP contribution < -0.4 is 10.6 Å². The maximum absolute atomic E-state index is 12.4. The third-order valence-electron chi connectivity index (χ3n) is 3.96. The van der Waals surface area contributed by atoms with Crippen molar-refractivity contribution in [2.24, 2.45) is 0 Å². The molecule has 2 aromatic carbocycles. The number of phenolic OH excluding ortho intramolecular Hbond substituents is 1. The summed E-state index contributed by atoms with van der Waals surface area (Å²) in [5.41, 5.74) is 1.26. The van der Waals surface area contributed by atoms with Crippen molar-refractivity contribution in [2.45, 2.75) is 17.7 Å². The molecule has 0 unspecified atom stereocenters. The smallest absolute Gasteiger partial charge is 0.247 e. The van der Waals surface area contributed by atoms with Crippen molar-refractivity contribution >= 4 is 49.2 Å². The van der Waals surface area contributed by atoms with Gasteiger partial charge in [0.25, 0.3) is 0 Å². The molecule has 28 heavy (non-hydrogen) atoms. The van der Waals surface area contributed by atoms with Crippen molar-refractivity contribution in [1.29, 1.82) is 5.41 Å². The summed E-state index contributed by atoms with van der Waals surface area (Å²) in [6.07, 6.45) is 1.62. The molecule has 0 radical (unpaired) electrons. The number of guanidine groups is 1. The van der Waals surface area contributed by atoms with E-state index in [4.69, 9.17) is 17.0 Å². The molecule has 0 amide bonds. The van der Waals surface area contributed by atoms with Crippen LogP contribution in [0.15, 0.2) is 45.8 Å². The van der Waals surface area contributed by atoms with Crippen molar-refractivity contribution < 1.29 is 13.5 Å². The van der Waals surface area contributed by atoms with Gasteiger partial charge in [0.05, 0.1) is 10.7 Å². The predicted octanol–water partition coefficient (Wildman–Crippen LogP) is 3.63. The van der Waals surface area contributed by atoms with E-state index in [0.717, 1.165) is 21.6 Å². The Hall–Kier alpha value is -1.81. The second-order valence-electron chi connectivity index (χ2n) is 6.18. The Labute approximate surface area is 178 Å². The van der Waals surface area contributed by atoms with Crippen LogP contribution in [0.5, 0.6) is 5.75 Å². The SMILES string of the molecule is CN(C)S(=O)(=O)c1c(Cl)ccc(NC(=N)NCCCc2ccccc2Br)c1O. The van der Waals surface area contributed by atoms with E-state index in [9.17, 15) is 13.5 Å². The molecule has 10 heteroatoms. The van der Waals surface area contributed by atoms with E-state index < -0.39 is 20.7 Å². The Morgan fingerprint density at radius 2 is 1.93 bits per heavy atom. The van der Waals surface area contributed by atoms with E-state index in [1.165, 1.54) is 31.8 Å². The molecule has 0 fully saturated rings. The molecule has 0 aliphatic carbocycles. The lowest BCUT2D eigenvalue weighted by Gasteiger charge is -2.17. The number of benzene rings is 2. The number of anilines is 1. The molecule has 7 nitrogen and oxygen atoms in total. The number of aromatic hydroxyl groups is 1. The van der Waals surface area contributed by atoms with E-state index in [1.807, 2.05) is 24.3 Å². The number of sulfonamides is 1. The molecule has 0 spiro atoms. The van der Waals surface area contributed by atoms with E-state index in [1.54, 1.807) is 0 Å². The van der Waals surface area contributed by atoms with Crippen molar-refractivity contribution in [2.75, 3.05) is 26.0 Å². The first kappa shape index (κ1) is 22.5. The molecule has 2 aromatic rings. The van der Waals surface area contributed by atoms with Crippen LogP contribution in [0.4, 0.5) is 5.69 Å². The zero-order valence-corrected chi connectivity index (χ0v) is 18.6. The van der Waals surface area contributed by atoms with Crippen molar-refractivity contribution in [1.82, 2.24) is 9.62 Å². The summed E-state index contributed by atoms with van der Waals surface area (Å²) >= 11 is 9.48. The molecule has 2 rings (SSSR count). The number of aryl methyl sites for hydroxylation is 1. The Bertz CT molecular complexity index is 967. The minimum absolute atomic E-state index is 0.0575. The van der Waals surface area contributed by atoms with Crippen LogP contribution in [-0.4, -0.2) is 44.4 Å². The van der Waals surface area contributed by atoms with Crippen LogP contribution in [0, 0.1) is 5.41 Å². The summed E-state index contributed by atoms with van der Waals surface area (Å²) < 4.78 is 26.7. The van der Waals surface area contributed by atoms with E-state index in [0.29, 0.717) is 6.54 Å². The summed E-state index contributed by atoms with van der Waals surface area (Å²) in [4.78, 5) is -0.397. The maximum atomic E-state index is 12.4. The van der Waals surface area contributed by atoms with Crippen LogP contribution in [0.3, 0.4) is 0 Å². The first-order chi connectivity index (χ1) is 13.1. The second-order valence-corrected chi connectivity index (χ2v) is 9.53. The third kappa shape index (κ3) is 5.38. The predicted molar refractivity (Wildman–Crippen MR) is 116 cm³/mol. The van der Waals surface area contributed by atoms with Crippen LogP contribution in [0.1, 0.15) is 12.0 Å². The third-order valence-corrected chi connectivity index (χ3v) is 7.06. The van der Waals surface area contributed by atoms with Gasteiger partial charge in [-0.15, -0.1) is 0 Å². The first-order valence-corrected chi connectivity index (χ1v) is 11.0. The van der Waals surface area contributed by atoms with Gasteiger partial charge in [0.15, 0.2) is 11.7 Å². The summed E-state index contributed by atoms with van der Waals surface area (Å²) in [6, 6.07) is 10.7. The summed E-state index contributed by atoms with van der Waals surface area (Å²) in [6.45, 7) is 0.532. The quantitative estimate of drug-likeness (QED) is 0.206. The summed E-state index contributed by atoms with van der Waals surface area (Å²) in [5, 5.41) is 23.8. The largest absolute Gasteiger partial charge is 0.504 e. The molecular weight excluding hydrogens is 468 g/mol. The highest BCUT2D eigenvalue weighted by Gasteiger charge is 2.27. The average Bonchev–Trinajstić information content (AvgIpc) is 2.62. The first-order valence-electron chi connectivity index (χ1n) is 8.41. The highest BCUT2D eigenvalue weighted by atomic mass is 79.9. The molecule has 0 heterocycles. The molecule has 0 aromatic heterocycles. The molecule has 152 valence electrons. The highest BCUT2D eigenvalue weighted by Crippen LogP contribution is 2.37. The van der Waals surface area contributed by atoms with Gasteiger partial charge in [-0.2, -0.15) is 0 Å². The number of halogens is 2. The van der Waals surface area contributed by atoms with E-state index >= 15 is 0 Å². The van der Waals surface area contributed by atoms with Gasteiger partial charge in [0.1, 0.15) is 4.90 Å². The van der Waals surface area contributed by atoms with Gasteiger partial charge in [-0.3, -0.25) is 5.41 Å². The maximum Gasteiger partial charge on any atom is 0.247 e. The number of hydrogen-bond donors (Lipinski definition) is 4. The Morgan fingerprint density at radius 3 is 2.57 bits per heavy atom. The number of rotatable bonds is 7. The minimum Gasteiger partial charge on any atom is -0.504 e. The van der Waals surface area contributed by atoms with Gasteiger partial charge in [-0.05, 0) is 36.6 Å². The van der Waals surface area contributed by atoms with Gasteiger partial charge in [0, 0.05) is 25.1 Å². The molecule has 4 N–H and O–H groups in total. The number of nitrogens with one attached hydrogen (secondary N) is 3. The normalized spacial score (nSPS) is 11.5. The molecule has 0 saturated heterocycles. The molecule has 0 aliphatic rings. The molecule has 0 atom stereocenters. The average molecular weight is 490 g/mol. The summed E-state index contributed by atoms with van der Waals surface area (Å²) in [7, 11) is -1.24. The number of hydrogen-bond acceptors (Lipinski definition) is 4. The molecule has 0 saturated carbocycles. The number of nitrogens with zero attached hydrogens (tertiary/aromatic N) is 1. The Morgan fingerprint density at radius 1 is 1.25 bits per heavy atom. The second kappa shape index (κ2) is 9.60. The van der Waals surface area contributed by atoms with Gasteiger partial charge in [0.2, 0.25) is 10.0 Å². The lowest BCUT2D eigenvalue weighted by Crippen LogP contribution is -2.31. The van der Waals surface area contributed by atoms with Gasteiger partial charge >= 0.3 is 0 Å². The van der Waals surface area contributed by atoms with Crippen molar-refractivity contribution in [3.05, 3.63) is 51.5 Å². The van der Waals surface area contributed by atoms with Crippen molar-refractivity contribution in [3.8, 4) is 5.75 Å². The van der Waals surface area contributed by atoms with E-state index in [-0.39, 0.29) is 16.7 Å².